The average molecular weight is 315 g/mol. The molecular formula is C17H12Cl2N2. The van der Waals surface area contributed by atoms with E-state index in [2.05, 4.69) is 9.56 Å². The molecule has 1 heterocycles. The molecule has 2 aromatic carbocycles. The number of benzene rings is 2. The van der Waals surface area contributed by atoms with Gasteiger partial charge in [-0.25, -0.2) is 0 Å². The molecule has 0 radical (unpaired) electrons. The molecule has 0 aliphatic rings. The molecule has 0 spiro atoms. The third-order valence-electron chi connectivity index (χ3n) is 3.08. The number of aliphatic imine (C=N–C) groups is 1. The van der Waals surface area contributed by atoms with Gasteiger partial charge in [-0.15, -0.1) is 0 Å². The van der Waals surface area contributed by atoms with Crippen LogP contribution >= 0.6 is 23.2 Å². The molecule has 0 aliphatic carbocycles. The minimum atomic E-state index is 0.466. The van der Waals surface area contributed by atoms with Crippen molar-refractivity contribution in [1.82, 2.24) is 4.57 Å². The Hall–Kier alpha value is -2.03. The van der Waals surface area contributed by atoms with Crippen LogP contribution < -0.4 is 0 Å². The topological polar surface area (TPSA) is 17.3 Å². The molecule has 0 N–H and O–H groups in total. The second-order valence-corrected chi connectivity index (χ2v) is 5.25. The summed E-state index contributed by atoms with van der Waals surface area (Å²) in [4.78, 5) is 4.43. The second-order valence-electron chi connectivity index (χ2n) is 4.47. The van der Waals surface area contributed by atoms with Gasteiger partial charge in [-0.05, 0) is 36.4 Å². The van der Waals surface area contributed by atoms with Crippen molar-refractivity contribution in [3.8, 4) is 5.69 Å². The first kappa shape index (κ1) is 13.9. The largest absolute Gasteiger partial charge is 0.316 e. The van der Waals surface area contributed by atoms with E-state index >= 15 is 0 Å². The first-order valence-corrected chi connectivity index (χ1v) is 7.22. The summed E-state index contributed by atoms with van der Waals surface area (Å²) < 4.78 is 2.06. The third kappa shape index (κ3) is 3.02. The Morgan fingerprint density at radius 3 is 2.48 bits per heavy atom. The molecule has 0 atom stereocenters. The zero-order valence-corrected chi connectivity index (χ0v) is 12.6. The van der Waals surface area contributed by atoms with Crippen LogP contribution in [-0.2, 0) is 0 Å². The molecule has 2 nitrogen and oxygen atoms in total. The first-order chi connectivity index (χ1) is 10.3. The number of para-hydroxylation sites is 1. The Bertz CT molecular complexity index is 776. The van der Waals surface area contributed by atoms with Crippen molar-refractivity contribution >= 4 is 35.1 Å². The number of rotatable bonds is 3. The van der Waals surface area contributed by atoms with E-state index in [-0.39, 0.29) is 0 Å². The lowest BCUT2D eigenvalue weighted by Crippen LogP contribution is -1.97. The van der Waals surface area contributed by atoms with E-state index in [0.29, 0.717) is 15.7 Å². The summed E-state index contributed by atoms with van der Waals surface area (Å²) in [6.45, 7) is 0. The van der Waals surface area contributed by atoms with Crippen LogP contribution in [-0.4, -0.2) is 10.8 Å². The maximum atomic E-state index is 6.14. The van der Waals surface area contributed by atoms with Gasteiger partial charge < -0.3 is 4.57 Å². The average Bonchev–Trinajstić information content (AvgIpc) is 2.98. The van der Waals surface area contributed by atoms with Crippen molar-refractivity contribution in [1.29, 1.82) is 0 Å². The summed E-state index contributed by atoms with van der Waals surface area (Å²) in [6, 6.07) is 19.5. The normalized spacial score (nSPS) is 11.1. The predicted molar refractivity (Wildman–Crippen MR) is 89.5 cm³/mol. The standard InChI is InChI=1S/C17H12Cl2N2/c18-15-9-4-10-16(17(15)19)20-12-14-8-5-11-21(14)13-6-2-1-3-7-13/h1-12H. The molecular weight excluding hydrogens is 303 g/mol. The molecule has 0 unspecified atom stereocenters. The predicted octanol–water partition coefficient (Wildman–Crippen LogP) is 5.53. The van der Waals surface area contributed by atoms with Gasteiger partial charge in [0.2, 0.25) is 0 Å². The number of hydrogen-bond donors (Lipinski definition) is 0. The summed E-state index contributed by atoms with van der Waals surface area (Å²) in [5.74, 6) is 0. The maximum Gasteiger partial charge on any atom is 0.0848 e. The van der Waals surface area contributed by atoms with Crippen molar-refractivity contribution in [2.75, 3.05) is 0 Å². The molecule has 0 saturated carbocycles. The summed E-state index contributed by atoms with van der Waals surface area (Å²) in [6.07, 6.45) is 3.78. The van der Waals surface area contributed by atoms with Gasteiger partial charge in [-0.3, -0.25) is 4.99 Å². The number of hydrogen-bond acceptors (Lipinski definition) is 1. The lowest BCUT2D eigenvalue weighted by atomic mass is 10.3. The van der Waals surface area contributed by atoms with Gasteiger partial charge in [0.15, 0.2) is 0 Å². The van der Waals surface area contributed by atoms with Crippen molar-refractivity contribution < 1.29 is 0 Å². The highest BCUT2D eigenvalue weighted by atomic mass is 35.5. The highest BCUT2D eigenvalue weighted by Crippen LogP contribution is 2.31. The van der Waals surface area contributed by atoms with Crippen LogP contribution in [0.5, 0.6) is 0 Å². The van der Waals surface area contributed by atoms with E-state index in [9.17, 15) is 0 Å². The van der Waals surface area contributed by atoms with E-state index in [1.807, 2.05) is 60.8 Å². The molecule has 0 aliphatic heterocycles. The summed E-state index contributed by atoms with van der Waals surface area (Å²) >= 11 is 12.1. The number of nitrogens with zero attached hydrogens (tertiary/aromatic N) is 2. The fraction of sp³-hybridized carbons (Fsp3) is 0. The number of aromatic nitrogens is 1. The van der Waals surface area contributed by atoms with Crippen LogP contribution in [0.25, 0.3) is 5.69 Å². The number of halogens is 2. The van der Waals surface area contributed by atoms with E-state index in [1.54, 1.807) is 12.3 Å². The maximum absolute atomic E-state index is 6.14. The van der Waals surface area contributed by atoms with Gasteiger partial charge in [-0.2, -0.15) is 0 Å². The van der Waals surface area contributed by atoms with E-state index in [0.717, 1.165) is 11.4 Å². The van der Waals surface area contributed by atoms with E-state index in [4.69, 9.17) is 23.2 Å². The zero-order valence-electron chi connectivity index (χ0n) is 11.1. The molecule has 0 saturated heterocycles. The van der Waals surface area contributed by atoms with Gasteiger partial charge in [0.05, 0.1) is 27.6 Å². The molecule has 104 valence electrons. The quantitative estimate of drug-likeness (QED) is 0.565. The Labute approximate surface area is 133 Å². The first-order valence-electron chi connectivity index (χ1n) is 6.46. The van der Waals surface area contributed by atoms with Gasteiger partial charge in [-0.1, -0.05) is 47.5 Å². The smallest absolute Gasteiger partial charge is 0.0848 e. The van der Waals surface area contributed by atoms with Crippen LogP contribution in [0.4, 0.5) is 5.69 Å². The second kappa shape index (κ2) is 6.17. The molecule has 4 heteroatoms. The van der Waals surface area contributed by atoms with Crippen molar-refractivity contribution in [2.24, 2.45) is 4.99 Å². The van der Waals surface area contributed by atoms with Gasteiger partial charge in [0, 0.05) is 11.9 Å². The molecule has 1 aromatic heterocycles. The lowest BCUT2D eigenvalue weighted by molar-refractivity contribution is 1.07. The van der Waals surface area contributed by atoms with Gasteiger partial charge in [0.1, 0.15) is 0 Å². The van der Waals surface area contributed by atoms with Gasteiger partial charge >= 0.3 is 0 Å². The molecule has 0 amide bonds. The monoisotopic (exact) mass is 314 g/mol. The Balaban J connectivity index is 1.95. The molecule has 0 bridgehead atoms. The van der Waals surface area contributed by atoms with Crippen molar-refractivity contribution in [2.45, 2.75) is 0 Å². The van der Waals surface area contributed by atoms with Crippen LogP contribution in [0.2, 0.25) is 10.0 Å². The highest BCUT2D eigenvalue weighted by molar-refractivity contribution is 6.43. The van der Waals surface area contributed by atoms with E-state index < -0.39 is 0 Å². The molecule has 0 fully saturated rings. The van der Waals surface area contributed by atoms with Crippen LogP contribution in [0.15, 0.2) is 71.9 Å². The summed E-state index contributed by atoms with van der Waals surface area (Å²) in [5.41, 5.74) is 2.71. The SMILES string of the molecule is Clc1cccc(N=Cc2cccn2-c2ccccc2)c1Cl. The minimum Gasteiger partial charge on any atom is -0.316 e. The van der Waals surface area contributed by atoms with Crippen LogP contribution in [0.3, 0.4) is 0 Å². The zero-order chi connectivity index (χ0) is 14.7. The fourth-order valence-electron chi connectivity index (χ4n) is 2.05. The van der Waals surface area contributed by atoms with E-state index in [1.165, 1.54) is 0 Å². The Morgan fingerprint density at radius 2 is 1.67 bits per heavy atom. The van der Waals surface area contributed by atoms with Crippen LogP contribution in [0, 0.1) is 0 Å². The van der Waals surface area contributed by atoms with Crippen molar-refractivity contribution in [3.05, 3.63) is 82.6 Å². The Kier molecular flexibility index (Phi) is 4.09. The summed E-state index contributed by atoms with van der Waals surface area (Å²) in [7, 11) is 0. The van der Waals surface area contributed by atoms with Crippen LogP contribution in [0.1, 0.15) is 5.69 Å². The minimum absolute atomic E-state index is 0.466. The molecule has 3 aromatic rings. The lowest BCUT2D eigenvalue weighted by Gasteiger charge is -2.05. The molecule has 3 rings (SSSR count). The summed E-state index contributed by atoms with van der Waals surface area (Å²) in [5, 5.41) is 0.970. The Morgan fingerprint density at radius 1 is 0.857 bits per heavy atom. The van der Waals surface area contributed by atoms with Gasteiger partial charge in [0.25, 0.3) is 0 Å². The third-order valence-corrected chi connectivity index (χ3v) is 3.89. The van der Waals surface area contributed by atoms with Crippen molar-refractivity contribution in [3.63, 3.8) is 0 Å². The fourth-order valence-corrected chi connectivity index (χ4v) is 2.40. The highest BCUT2D eigenvalue weighted by Gasteiger charge is 2.03. The molecule has 21 heavy (non-hydrogen) atoms.